The van der Waals surface area contributed by atoms with Gasteiger partial charge in [0.05, 0.1) is 6.04 Å². The van der Waals surface area contributed by atoms with Crippen LogP contribution >= 0.6 is 0 Å². The maximum Gasteiger partial charge on any atom is 0.410 e. The fraction of sp³-hybridized carbons (Fsp3) is 0.917. The van der Waals surface area contributed by atoms with Crippen LogP contribution in [0.2, 0.25) is 0 Å². The highest BCUT2D eigenvalue weighted by Gasteiger charge is 2.39. The molecule has 4 heteroatoms. The van der Waals surface area contributed by atoms with E-state index in [2.05, 4.69) is 19.2 Å². The van der Waals surface area contributed by atoms with Gasteiger partial charge in [-0.25, -0.2) is 4.79 Å². The Morgan fingerprint density at radius 2 is 2.00 bits per heavy atom. The molecule has 1 aliphatic rings. The molecule has 1 heterocycles. The number of amides is 1. The lowest BCUT2D eigenvalue weighted by molar-refractivity contribution is 0.0150. The molecule has 0 radical (unpaired) electrons. The highest BCUT2D eigenvalue weighted by atomic mass is 16.6. The van der Waals surface area contributed by atoms with Gasteiger partial charge in [0.1, 0.15) is 5.60 Å². The molecule has 0 aliphatic carbocycles. The Morgan fingerprint density at radius 3 is 2.38 bits per heavy atom. The predicted octanol–water partition coefficient (Wildman–Crippen LogP) is 1.85. The highest BCUT2D eigenvalue weighted by Crippen LogP contribution is 2.28. The molecule has 4 nitrogen and oxygen atoms in total. The van der Waals surface area contributed by atoms with Gasteiger partial charge in [0, 0.05) is 20.1 Å². The number of hydrogen-bond acceptors (Lipinski definition) is 3. The summed E-state index contributed by atoms with van der Waals surface area (Å²) in [5, 5.41) is 3.31. The lowest BCUT2D eigenvalue weighted by atomic mass is 9.87. The SMILES string of the molecule is CN(C(=O)OC(C)(C)C)C1CNCC1(C)C. The molecule has 0 saturated carbocycles. The Hall–Kier alpha value is -0.770. The van der Waals surface area contributed by atoms with Gasteiger partial charge in [-0.05, 0) is 26.2 Å². The van der Waals surface area contributed by atoms with Crippen LogP contribution in [0.3, 0.4) is 0 Å². The van der Waals surface area contributed by atoms with E-state index in [-0.39, 0.29) is 17.6 Å². The first-order chi connectivity index (χ1) is 7.13. The van der Waals surface area contributed by atoms with E-state index in [4.69, 9.17) is 4.74 Å². The summed E-state index contributed by atoms with van der Waals surface area (Å²) >= 11 is 0. The number of nitrogens with zero attached hydrogens (tertiary/aromatic N) is 1. The summed E-state index contributed by atoms with van der Waals surface area (Å²) in [6.45, 7) is 11.8. The Morgan fingerprint density at radius 1 is 1.44 bits per heavy atom. The molecule has 1 aliphatic heterocycles. The van der Waals surface area contributed by atoms with E-state index < -0.39 is 5.60 Å². The maximum absolute atomic E-state index is 11.9. The second-order valence-corrected chi connectivity index (χ2v) is 6.23. The fourth-order valence-corrected chi connectivity index (χ4v) is 2.05. The van der Waals surface area contributed by atoms with Crippen LogP contribution in [-0.4, -0.2) is 42.8 Å². The summed E-state index contributed by atoms with van der Waals surface area (Å²) in [5.74, 6) is 0. The second kappa shape index (κ2) is 4.24. The van der Waals surface area contributed by atoms with Crippen LogP contribution in [0.5, 0.6) is 0 Å². The number of carbonyl (C=O) groups excluding carboxylic acids is 1. The van der Waals surface area contributed by atoms with Crippen LogP contribution in [0.4, 0.5) is 4.79 Å². The van der Waals surface area contributed by atoms with Gasteiger partial charge in [0.15, 0.2) is 0 Å². The number of ether oxygens (including phenoxy) is 1. The van der Waals surface area contributed by atoms with Crippen LogP contribution in [-0.2, 0) is 4.74 Å². The molecule has 0 spiro atoms. The molecule has 1 fully saturated rings. The molecule has 1 N–H and O–H groups in total. The third-order valence-electron chi connectivity index (χ3n) is 2.97. The molecule has 1 rings (SSSR count). The first-order valence-corrected chi connectivity index (χ1v) is 5.80. The van der Waals surface area contributed by atoms with Gasteiger partial charge in [-0.2, -0.15) is 0 Å². The Bertz CT molecular complexity index is 269. The quantitative estimate of drug-likeness (QED) is 0.744. The lowest BCUT2D eigenvalue weighted by Gasteiger charge is -2.35. The average Bonchev–Trinajstić information content (AvgIpc) is 2.40. The van der Waals surface area contributed by atoms with E-state index in [1.54, 1.807) is 4.90 Å². The van der Waals surface area contributed by atoms with Crippen LogP contribution in [0.25, 0.3) is 0 Å². The minimum absolute atomic E-state index is 0.103. The van der Waals surface area contributed by atoms with Crippen molar-refractivity contribution in [2.45, 2.75) is 46.3 Å². The van der Waals surface area contributed by atoms with Gasteiger partial charge >= 0.3 is 6.09 Å². The minimum atomic E-state index is -0.429. The summed E-state index contributed by atoms with van der Waals surface area (Å²) in [5.41, 5.74) is -0.326. The first-order valence-electron chi connectivity index (χ1n) is 5.80. The van der Waals surface area contributed by atoms with E-state index in [0.717, 1.165) is 13.1 Å². The van der Waals surface area contributed by atoms with Gasteiger partial charge in [-0.3, -0.25) is 0 Å². The van der Waals surface area contributed by atoms with Crippen molar-refractivity contribution < 1.29 is 9.53 Å². The van der Waals surface area contributed by atoms with E-state index >= 15 is 0 Å². The molecule has 0 aromatic rings. The maximum atomic E-state index is 11.9. The van der Waals surface area contributed by atoms with Crippen LogP contribution in [0.1, 0.15) is 34.6 Å². The highest BCUT2D eigenvalue weighted by molar-refractivity contribution is 5.68. The zero-order valence-corrected chi connectivity index (χ0v) is 11.3. The minimum Gasteiger partial charge on any atom is -0.444 e. The Balaban J connectivity index is 2.64. The number of carbonyl (C=O) groups is 1. The van der Waals surface area contributed by atoms with Gasteiger partial charge in [0.25, 0.3) is 0 Å². The molecule has 0 bridgehead atoms. The van der Waals surface area contributed by atoms with Crippen LogP contribution in [0.15, 0.2) is 0 Å². The molecular formula is C12H24N2O2. The lowest BCUT2D eigenvalue weighted by Crippen LogP contribution is -2.47. The molecule has 0 aromatic heterocycles. The van der Waals surface area contributed by atoms with Crippen molar-refractivity contribution in [3.8, 4) is 0 Å². The molecule has 1 atom stereocenters. The number of likely N-dealkylation sites (N-methyl/N-ethyl adjacent to an activating group) is 1. The number of hydrogen-bond donors (Lipinski definition) is 1. The average molecular weight is 228 g/mol. The summed E-state index contributed by atoms with van der Waals surface area (Å²) in [4.78, 5) is 13.6. The van der Waals surface area contributed by atoms with Gasteiger partial charge in [-0.15, -0.1) is 0 Å². The topological polar surface area (TPSA) is 41.6 Å². The smallest absolute Gasteiger partial charge is 0.410 e. The summed E-state index contributed by atoms with van der Waals surface area (Å²) < 4.78 is 5.36. The molecule has 94 valence electrons. The Labute approximate surface area is 98.3 Å². The van der Waals surface area contributed by atoms with Gasteiger partial charge < -0.3 is 15.0 Å². The monoisotopic (exact) mass is 228 g/mol. The van der Waals surface area contributed by atoms with Gasteiger partial charge in [0.2, 0.25) is 0 Å². The van der Waals surface area contributed by atoms with Crippen molar-refractivity contribution in [3.05, 3.63) is 0 Å². The van der Waals surface area contributed by atoms with Crippen LogP contribution in [0, 0.1) is 5.41 Å². The van der Waals surface area contributed by atoms with E-state index in [9.17, 15) is 4.79 Å². The number of rotatable bonds is 1. The third-order valence-corrected chi connectivity index (χ3v) is 2.97. The van der Waals surface area contributed by atoms with E-state index in [1.807, 2.05) is 27.8 Å². The van der Waals surface area contributed by atoms with E-state index in [0.29, 0.717) is 0 Å². The molecular weight excluding hydrogens is 204 g/mol. The molecule has 1 saturated heterocycles. The van der Waals surface area contributed by atoms with Crippen molar-refractivity contribution in [1.29, 1.82) is 0 Å². The van der Waals surface area contributed by atoms with Gasteiger partial charge in [-0.1, -0.05) is 13.8 Å². The second-order valence-electron chi connectivity index (χ2n) is 6.23. The van der Waals surface area contributed by atoms with Crippen molar-refractivity contribution in [2.75, 3.05) is 20.1 Å². The normalized spacial score (nSPS) is 24.2. The summed E-state index contributed by atoms with van der Waals surface area (Å²) in [6, 6.07) is 0.197. The van der Waals surface area contributed by atoms with Crippen molar-refractivity contribution in [3.63, 3.8) is 0 Å². The molecule has 1 amide bonds. The largest absolute Gasteiger partial charge is 0.444 e. The zero-order chi connectivity index (χ0) is 12.6. The first kappa shape index (κ1) is 13.3. The van der Waals surface area contributed by atoms with Crippen LogP contribution < -0.4 is 5.32 Å². The number of nitrogens with one attached hydrogen (secondary N) is 1. The zero-order valence-electron chi connectivity index (χ0n) is 11.3. The van der Waals surface area contributed by atoms with Crippen molar-refractivity contribution >= 4 is 6.09 Å². The summed E-state index contributed by atoms with van der Waals surface area (Å²) in [7, 11) is 1.81. The molecule has 0 aromatic carbocycles. The fourth-order valence-electron chi connectivity index (χ4n) is 2.05. The summed E-state index contributed by atoms with van der Waals surface area (Å²) in [6.07, 6.45) is -0.241. The van der Waals surface area contributed by atoms with E-state index in [1.165, 1.54) is 0 Å². The Kier molecular flexibility index (Phi) is 3.53. The standard InChI is InChI=1S/C12H24N2O2/c1-11(2,3)16-10(15)14(6)9-7-13-8-12(9,4)5/h9,13H,7-8H2,1-6H3. The molecule has 16 heavy (non-hydrogen) atoms. The third kappa shape index (κ3) is 3.11. The molecule has 1 unspecified atom stereocenters. The van der Waals surface area contributed by atoms with Crippen molar-refractivity contribution in [2.24, 2.45) is 5.41 Å². The predicted molar refractivity (Wildman–Crippen MR) is 64.4 cm³/mol. The van der Waals surface area contributed by atoms with Crippen molar-refractivity contribution in [1.82, 2.24) is 10.2 Å².